The number of rotatable bonds is 5. The highest BCUT2D eigenvalue weighted by molar-refractivity contribution is 5.48. The predicted octanol–water partition coefficient (Wildman–Crippen LogP) is 4.84. The van der Waals surface area contributed by atoms with Gasteiger partial charge in [0, 0.05) is 19.0 Å². The Kier molecular flexibility index (Phi) is 4.58. The quantitative estimate of drug-likeness (QED) is 0.754. The third-order valence-corrected chi connectivity index (χ3v) is 5.32. The van der Waals surface area contributed by atoms with E-state index in [1.807, 2.05) is 0 Å². The summed E-state index contributed by atoms with van der Waals surface area (Å²) in [6.07, 6.45) is 0.550. The van der Waals surface area contributed by atoms with Crippen molar-refractivity contribution in [1.82, 2.24) is 14.9 Å². The molecule has 2 aliphatic rings. The van der Waals surface area contributed by atoms with Crippen LogP contribution in [0.25, 0.3) is 6.08 Å². The van der Waals surface area contributed by atoms with Crippen LogP contribution < -0.4 is 5.32 Å². The molecule has 1 fully saturated rings. The molecule has 1 aliphatic heterocycles. The van der Waals surface area contributed by atoms with Gasteiger partial charge in [-0.05, 0) is 49.5 Å². The first-order chi connectivity index (χ1) is 12.9. The summed E-state index contributed by atoms with van der Waals surface area (Å²) in [6, 6.07) is 3.20. The SMILES string of the molecule is C=Cc1nc(C2CC2)n2c1C(CCc1ccc(C(F)(F)F)c(F)c1)NCC2. The summed E-state index contributed by atoms with van der Waals surface area (Å²) in [5, 5.41) is 3.46. The fraction of sp³-hybridized carbons (Fsp3) is 0.450. The van der Waals surface area contributed by atoms with Crippen molar-refractivity contribution in [2.24, 2.45) is 0 Å². The van der Waals surface area contributed by atoms with Gasteiger partial charge in [0.25, 0.3) is 0 Å². The van der Waals surface area contributed by atoms with E-state index in [2.05, 4.69) is 16.5 Å². The summed E-state index contributed by atoms with van der Waals surface area (Å²) in [4.78, 5) is 4.75. The van der Waals surface area contributed by atoms with Gasteiger partial charge >= 0.3 is 6.18 Å². The van der Waals surface area contributed by atoms with Crippen LogP contribution in [0, 0.1) is 5.82 Å². The van der Waals surface area contributed by atoms with E-state index in [9.17, 15) is 17.6 Å². The van der Waals surface area contributed by atoms with E-state index >= 15 is 0 Å². The van der Waals surface area contributed by atoms with Crippen LogP contribution >= 0.6 is 0 Å². The maximum atomic E-state index is 13.8. The van der Waals surface area contributed by atoms with Gasteiger partial charge in [0.2, 0.25) is 0 Å². The number of fused-ring (bicyclic) bond motifs is 1. The molecular weight excluding hydrogens is 358 g/mol. The van der Waals surface area contributed by atoms with E-state index in [-0.39, 0.29) is 6.04 Å². The molecule has 27 heavy (non-hydrogen) atoms. The molecule has 1 aromatic carbocycles. The highest BCUT2D eigenvalue weighted by Gasteiger charge is 2.35. The average Bonchev–Trinajstić information content (AvgIpc) is 3.39. The van der Waals surface area contributed by atoms with Crippen LogP contribution in [-0.2, 0) is 19.1 Å². The van der Waals surface area contributed by atoms with Crippen LogP contribution in [0.2, 0.25) is 0 Å². The molecular formula is C20H21F4N3. The van der Waals surface area contributed by atoms with Gasteiger partial charge in [-0.15, -0.1) is 0 Å². The number of halogens is 4. The second-order valence-electron chi connectivity index (χ2n) is 7.23. The number of imidazole rings is 1. The number of nitrogens with one attached hydrogen (secondary N) is 1. The second-order valence-corrected chi connectivity index (χ2v) is 7.23. The van der Waals surface area contributed by atoms with Gasteiger partial charge < -0.3 is 9.88 Å². The highest BCUT2D eigenvalue weighted by atomic mass is 19.4. The van der Waals surface area contributed by atoms with Gasteiger partial charge in [-0.3, -0.25) is 0 Å². The molecule has 144 valence electrons. The van der Waals surface area contributed by atoms with Gasteiger partial charge in [-0.25, -0.2) is 9.37 Å². The molecule has 0 spiro atoms. The first-order valence-corrected chi connectivity index (χ1v) is 9.20. The van der Waals surface area contributed by atoms with Crippen molar-refractivity contribution in [1.29, 1.82) is 0 Å². The molecule has 1 aromatic heterocycles. The van der Waals surface area contributed by atoms with Crippen LogP contribution in [0.1, 0.15) is 59.6 Å². The van der Waals surface area contributed by atoms with E-state index in [0.717, 1.165) is 55.3 Å². The topological polar surface area (TPSA) is 29.9 Å². The summed E-state index contributed by atoms with van der Waals surface area (Å²) in [6.45, 7) is 5.54. The van der Waals surface area contributed by atoms with Gasteiger partial charge in [0.15, 0.2) is 0 Å². The first-order valence-electron chi connectivity index (χ1n) is 9.20. The summed E-state index contributed by atoms with van der Waals surface area (Å²) >= 11 is 0. The molecule has 1 saturated carbocycles. The van der Waals surface area contributed by atoms with Crippen molar-refractivity contribution >= 4 is 6.08 Å². The zero-order valence-electron chi connectivity index (χ0n) is 14.8. The molecule has 7 heteroatoms. The highest BCUT2D eigenvalue weighted by Crippen LogP contribution is 2.42. The lowest BCUT2D eigenvalue weighted by atomic mass is 9.99. The lowest BCUT2D eigenvalue weighted by Crippen LogP contribution is -2.34. The lowest BCUT2D eigenvalue weighted by molar-refractivity contribution is -0.140. The smallest absolute Gasteiger partial charge is 0.329 e. The van der Waals surface area contributed by atoms with Crippen molar-refractivity contribution in [2.45, 2.75) is 50.4 Å². The average molecular weight is 379 g/mol. The summed E-state index contributed by atoms with van der Waals surface area (Å²) in [5.74, 6) is 0.427. The summed E-state index contributed by atoms with van der Waals surface area (Å²) < 4.78 is 54.2. The number of hydrogen-bond acceptors (Lipinski definition) is 2. The number of aromatic nitrogens is 2. The maximum absolute atomic E-state index is 13.8. The maximum Gasteiger partial charge on any atom is 0.419 e. The molecule has 1 N–H and O–H groups in total. The molecule has 0 bridgehead atoms. The molecule has 2 heterocycles. The summed E-state index contributed by atoms with van der Waals surface area (Å²) in [5.41, 5.74) is 1.29. The molecule has 1 aliphatic carbocycles. The Bertz CT molecular complexity index is 865. The van der Waals surface area contributed by atoms with Crippen LogP contribution in [0.15, 0.2) is 24.8 Å². The number of benzene rings is 1. The molecule has 0 amide bonds. The largest absolute Gasteiger partial charge is 0.419 e. The van der Waals surface area contributed by atoms with Crippen molar-refractivity contribution < 1.29 is 17.6 Å². The number of hydrogen-bond donors (Lipinski definition) is 1. The van der Waals surface area contributed by atoms with E-state index in [0.29, 0.717) is 24.3 Å². The van der Waals surface area contributed by atoms with E-state index in [1.165, 1.54) is 6.07 Å². The van der Waals surface area contributed by atoms with Crippen LogP contribution in [0.3, 0.4) is 0 Å². The Morgan fingerprint density at radius 1 is 1.30 bits per heavy atom. The zero-order valence-corrected chi connectivity index (χ0v) is 14.8. The number of aryl methyl sites for hydroxylation is 1. The lowest BCUT2D eigenvalue weighted by Gasteiger charge is -2.27. The third kappa shape index (κ3) is 3.52. The Hall–Kier alpha value is -2.15. The fourth-order valence-electron chi connectivity index (χ4n) is 3.85. The van der Waals surface area contributed by atoms with Gasteiger partial charge in [-0.2, -0.15) is 13.2 Å². The zero-order chi connectivity index (χ0) is 19.2. The molecule has 1 atom stereocenters. The number of alkyl halides is 3. The van der Waals surface area contributed by atoms with Crippen molar-refractivity contribution in [3.05, 3.63) is 58.9 Å². The van der Waals surface area contributed by atoms with Crippen LogP contribution in [0.5, 0.6) is 0 Å². The normalized spacial score (nSPS) is 19.8. The molecule has 3 nitrogen and oxygen atoms in total. The monoisotopic (exact) mass is 379 g/mol. The van der Waals surface area contributed by atoms with E-state index in [4.69, 9.17) is 4.98 Å². The van der Waals surface area contributed by atoms with Crippen molar-refractivity contribution in [3.63, 3.8) is 0 Å². The van der Waals surface area contributed by atoms with Gasteiger partial charge in [0.1, 0.15) is 11.6 Å². The van der Waals surface area contributed by atoms with Crippen molar-refractivity contribution in [3.8, 4) is 0 Å². The Balaban J connectivity index is 1.54. The predicted molar refractivity (Wildman–Crippen MR) is 94.8 cm³/mol. The second kappa shape index (κ2) is 6.78. The summed E-state index contributed by atoms with van der Waals surface area (Å²) in [7, 11) is 0. The van der Waals surface area contributed by atoms with Gasteiger partial charge in [-0.1, -0.05) is 12.6 Å². The fourth-order valence-corrected chi connectivity index (χ4v) is 3.85. The minimum absolute atomic E-state index is 0.0251. The van der Waals surface area contributed by atoms with Crippen molar-refractivity contribution in [2.75, 3.05) is 6.54 Å². The standard InChI is InChI=1S/C20H21F4N3/c1-2-16-18-17(25-9-10-27(18)19(26-16)13-5-6-13)8-4-12-3-7-14(15(21)11-12)20(22,23)24/h2-3,7,11,13,17,25H,1,4-6,8-10H2. The van der Waals surface area contributed by atoms with Crippen LogP contribution in [0.4, 0.5) is 17.6 Å². The van der Waals surface area contributed by atoms with Gasteiger partial charge in [0.05, 0.1) is 23.0 Å². The molecule has 0 saturated heterocycles. The Morgan fingerprint density at radius 3 is 2.70 bits per heavy atom. The third-order valence-electron chi connectivity index (χ3n) is 5.32. The number of nitrogens with zero attached hydrogens (tertiary/aromatic N) is 2. The molecule has 4 rings (SSSR count). The molecule has 1 unspecified atom stereocenters. The Labute approximate surface area is 155 Å². The van der Waals surface area contributed by atoms with E-state index < -0.39 is 17.6 Å². The Morgan fingerprint density at radius 2 is 2.07 bits per heavy atom. The van der Waals surface area contributed by atoms with E-state index in [1.54, 1.807) is 6.08 Å². The minimum Gasteiger partial charge on any atom is -0.329 e. The first kappa shape index (κ1) is 18.2. The molecule has 0 radical (unpaired) electrons. The molecule has 2 aromatic rings. The van der Waals surface area contributed by atoms with Crippen LogP contribution in [-0.4, -0.2) is 16.1 Å². The minimum atomic E-state index is -4.67.